The Hall–Kier alpha value is -3.31. The summed E-state index contributed by atoms with van der Waals surface area (Å²) in [7, 11) is 1.47. The average Bonchev–Trinajstić information content (AvgIpc) is 2.66. The number of halogens is 3. The van der Waals surface area contributed by atoms with Gasteiger partial charge in [-0.3, -0.25) is 0 Å². The average molecular weight is 389 g/mol. The molecule has 0 bridgehead atoms. The van der Waals surface area contributed by atoms with E-state index < -0.39 is 23.8 Å². The van der Waals surface area contributed by atoms with Crippen molar-refractivity contribution in [2.24, 2.45) is 5.73 Å². The molecule has 0 amide bonds. The molecule has 8 heteroatoms. The zero-order valence-corrected chi connectivity index (χ0v) is 15.2. The molecule has 0 aromatic heterocycles. The third kappa shape index (κ3) is 4.50. The van der Waals surface area contributed by atoms with Gasteiger partial charge in [-0.1, -0.05) is 18.2 Å². The lowest BCUT2D eigenvalue weighted by Crippen LogP contribution is -2.26. The van der Waals surface area contributed by atoms with Crippen LogP contribution in [0.25, 0.3) is 0 Å². The minimum Gasteiger partial charge on any atom is -0.478 e. The molecule has 0 aliphatic heterocycles. The normalized spacial score (nSPS) is 13.3. The number of hydrogen-bond acceptors (Lipinski definition) is 4. The molecule has 28 heavy (non-hydrogen) atoms. The van der Waals surface area contributed by atoms with Gasteiger partial charge in [-0.2, -0.15) is 18.4 Å². The summed E-state index contributed by atoms with van der Waals surface area (Å²) in [5, 5.41) is 18.5. The highest BCUT2D eigenvalue weighted by atomic mass is 19.4. The van der Waals surface area contributed by atoms with Crippen LogP contribution in [0.15, 0.2) is 59.8 Å². The topological polar surface area (TPSA) is 90.3 Å². The molecule has 0 spiro atoms. The molecular weight excluding hydrogens is 371 g/mol. The van der Waals surface area contributed by atoms with Gasteiger partial charge in [-0.25, -0.2) is 4.79 Å². The standard InChI is InChI=1S/C20H18F3N3O2/c1-12(26(2)16-5-3-4-15(10-16)20(21,22)23)17(19(27)28)18(25)14-8-6-13(11-24)7-9-14/h3-10,18H,25H2,1-2H3,(H,27,28)/b17-12+/t18-/m0/s1. The summed E-state index contributed by atoms with van der Waals surface area (Å²) in [6, 6.07) is 11.6. The first-order valence-corrected chi connectivity index (χ1v) is 8.17. The van der Waals surface area contributed by atoms with Crippen molar-refractivity contribution in [3.05, 3.63) is 76.5 Å². The predicted molar refractivity (Wildman–Crippen MR) is 98.3 cm³/mol. The van der Waals surface area contributed by atoms with E-state index in [1.54, 1.807) is 12.1 Å². The lowest BCUT2D eigenvalue weighted by atomic mass is 9.96. The van der Waals surface area contributed by atoms with Gasteiger partial charge in [0, 0.05) is 18.4 Å². The highest BCUT2D eigenvalue weighted by molar-refractivity contribution is 5.90. The summed E-state index contributed by atoms with van der Waals surface area (Å²) in [5.74, 6) is -1.28. The van der Waals surface area contributed by atoms with Crippen molar-refractivity contribution in [3.63, 3.8) is 0 Å². The molecule has 146 valence electrons. The fourth-order valence-corrected chi connectivity index (χ4v) is 2.71. The maximum Gasteiger partial charge on any atom is 0.416 e. The minimum atomic E-state index is -4.51. The van der Waals surface area contributed by atoms with Gasteiger partial charge in [0.1, 0.15) is 0 Å². The van der Waals surface area contributed by atoms with E-state index in [1.807, 2.05) is 6.07 Å². The number of carboxylic acid groups (broad SMARTS) is 1. The van der Waals surface area contributed by atoms with Crippen molar-refractivity contribution in [1.29, 1.82) is 5.26 Å². The van der Waals surface area contributed by atoms with Crippen LogP contribution in [0, 0.1) is 11.3 Å². The van der Waals surface area contributed by atoms with Gasteiger partial charge in [0.15, 0.2) is 0 Å². The van der Waals surface area contributed by atoms with E-state index in [1.165, 1.54) is 43.1 Å². The molecule has 3 N–H and O–H groups in total. The van der Waals surface area contributed by atoms with Gasteiger partial charge in [0.2, 0.25) is 0 Å². The number of rotatable bonds is 5. The van der Waals surface area contributed by atoms with E-state index >= 15 is 0 Å². The number of nitriles is 1. The number of allylic oxidation sites excluding steroid dienone is 1. The van der Waals surface area contributed by atoms with Crippen molar-refractivity contribution in [3.8, 4) is 6.07 Å². The van der Waals surface area contributed by atoms with Crippen molar-refractivity contribution < 1.29 is 23.1 Å². The van der Waals surface area contributed by atoms with Gasteiger partial charge >= 0.3 is 12.1 Å². The van der Waals surface area contributed by atoms with Gasteiger partial charge in [-0.15, -0.1) is 0 Å². The summed E-state index contributed by atoms with van der Waals surface area (Å²) in [4.78, 5) is 13.2. The maximum atomic E-state index is 13.0. The molecule has 0 saturated heterocycles. The fraction of sp³-hybridized carbons (Fsp3) is 0.200. The van der Waals surface area contributed by atoms with Crippen LogP contribution in [0.4, 0.5) is 18.9 Å². The molecule has 0 aliphatic rings. The van der Waals surface area contributed by atoms with Gasteiger partial charge in [-0.05, 0) is 42.8 Å². The Balaban J connectivity index is 2.47. The molecule has 1 atom stereocenters. The van der Waals surface area contributed by atoms with Crippen LogP contribution < -0.4 is 10.6 Å². The summed E-state index contributed by atoms with van der Waals surface area (Å²) in [5.41, 5.74) is 6.36. The van der Waals surface area contributed by atoms with Gasteiger partial charge in [0.25, 0.3) is 0 Å². The molecule has 0 heterocycles. The van der Waals surface area contributed by atoms with E-state index in [9.17, 15) is 23.1 Å². The number of benzene rings is 2. The zero-order valence-electron chi connectivity index (χ0n) is 15.2. The van der Waals surface area contributed by atoms with E-state index in [0.29, 0.717) is 11.1 Å². The fourth-order valence-electron chi connectivity index (χ4n) is 2.71. The Labute approximate surface area is 160 Å². The summed E-state index contributed by atoms with van der Waals surface area (Å²) < 4.78 is 38.9. The van der Waals surface area contributed by atoms with Crippen LogP contribution in [0.5, 0.6) is 0 Å². The second-order valence-corrected chi connectivity index (χ2v) is 6.12. The number of hydrogen-bond donors (Lipinski definition) is 2. The largest absolute Gasteiger partial charge is 0.478 e. The molecule has 0 aliphatic carbocycles. The first kappa shape index (κ1) is 21.0. The monoisotopic (exact) mass is 389 g/mol. The van der Waals surface area contributed by atoms with Gasteiger partial charge in [0.05, 0.1) is 28.8 Å². The molecule has 0 radical (unpaired) electrons. The summed E-state index contributed by atoms with van der Waals surface area (Å²) >= 11 is 0. The lowest BCUT2D eigenvalue weighted by molar-refractivity contribution is -0.137. The molecule has 2 aromatic carbocycles. The Bertz CT molecular complexity index is 944. The SMILES string of the molecule is C/C(=C(\C(=O)O)[C@@H](N)c1ccc(C#N)cc1)N(C)c1cccc(C(F)(F)F)c1. The Kier molecular flexibility index (Phi) is 6.11. The minimum absolute atomic E-state index is 0.162. The predicted octanol–water partition coefficient (Wildman–Crippen LogP) is 4.07. The number of anilines is 1. The van der Waals surface area contributed by atoms with Crippen LogP contribution in [0.3, 0.4) is 0 Å². The summed E-state index contributed by atoms with van der Waals surface area (Å²) in [6.45, 7) is 1.48. The van der Waals surface area contributed by atoms with E-state index in [4.69, 9.17) is 11.0 Å². The summed E-state index contributed by atoms with van der Waals surface area (Å²) in [6.07, 6.45) is -4.51. The molecule has 5 nitrogen and oxygen atoms in total. The van der Waals surface area contributed by atoms with Crippen molar-refractivity contribution in [2.75, 3.05) is 11.9 Å². The van der Waals surface area contributed by atoms with E-state index in [-0.39, 0.29) is 17.0 Å². The quantitative estimate of drug-likeness (QED) is 0.753. The number of nitrogens with two attached hydrogens (primary N) is 1. The van der Waals surface area contributed by atoms with Crippen LogP contribution >= 0.6 is 0 Å². The van der Waals surface area contributed by atoms with Crippen molar-refractivity contribution in [1.82, 2.24) is 0 Å². The van der Waals surface area contributed by atoms with Gasteiger partial charge < -0.3 is 15.7 Å². The zero-order chi connectivity index (χ0) is 21.1. The molecule has 2 rings (SSSR count). The van der Waals surface area contributed by atoms with Crippen molar-refractivity contribution >= 4 is 11.7 Å². The van der Waals surface area contributed by atoms with E-state index in [0.717, 1.165) is 12.1 Å². The molecule has 2 aromatic rings. The molecule has 0 saturated carbocycles. The van der Waals surface area contributed by atoms with E-state index in [2.05, 4.69) is 0 Å². The number of nitrogens with zero attached hydrogens (tertiary/aromatic N) is 2. The highest BCUT2D eigenvalue weighted by Crippen LogP contribution is 2.33. The molecule has 0 unspecified atom stereocenters. The second kappa shape index (κ2) is 8.15. The van der Waals surface area contributed by atoms with Crippen LogP contribution in [-0.4, -0.2) is 18.1 Å². The third-order valence-electron chi connectivity index (χ3n) is 4.39. The van der Waals surface area contributed by atoms with Crippen LogP contribution in [0.2, 0.25) is 0 Å². The number of aliphatic carboxylic acids is 1. The highest BCUT2D eigenvalue weighted by Gasteiger charge is 2.31. The number of carboxylic acids is 1. The molecular formula is C20H18F3N3O2. The smallest absolute Gasteiger partial charge is 0.416 e. The van der Waals surface area contributed by atoms with Crippen LogP contribution in [0.1, 0.15) is 29.7 Å². The number of carbonyl (C=O) groups is 1. The number of alkyl halides is 3. The van der Waals surface area contributed by atoms with Crippen molar-refractivity contribution in [2.45, 2.75) is 19.1 Å². The lowest BCUT2D eigenvalue weighted by Gasteiger charge is -2.25. The third-order valence-corrected chi connectivity index (χ3v) is 4.39. The Morgan fingerprint density at radius 3 is 2.32 bits per heavy atom. The van der Waals surface area contributed by atoms with Crippen LogP contribution in [-0.2, 0) is 11.0 Å². The Morgan fingerprint density at radius 2 is 1.82 bits per heavy atom. The maximum absolute atomic E-state index is 13.0. The Morgan fingerprint density at radius 1 is 1.21 bits per heavy atom. The molecule has 0 fully saturated rings. The second-order valence-electron chi connectivity index (χ2n) is 6.12. The first-order chi connectivity index (χ1) is 13.1. The first-order valence-electron chi connectivity index (χ1n) is 8.17.